The van der Waals surface area contributed by atoms with Crippen LogP contribution in [-0.2, 0) is 4.79 Å². The largest absolute Gasteiger partial charge is 0.480 e. The lowest BCUT2D eigenvalue weighted by atomic mass is 9.85. The fraction of sp³-hybridized carbons (Fsp3) is 0.857. The number of rotatable bonds is 1. The molecule has 0 bridgehead atoms. The van der Waals surface area contributed by atoms with Crippen LogP contribution in [0.1, 0.15) is 20.3 Å². The summed E-state index contributed by atoms with van der Waals surface area (Å²) >= 11 is 0. The van der Waals surface area contributed by atoms with Gasteiger partial charge in [0.15, 0.2) is 0 Å². The van der Waals surface area contributed by atoms with Gasteiger partial charge in [-0.3, -0.25) is 4.79 Å². The van der Waals surface area contributed by atoms with Crippen molar-refractivity contribution in [3.8, 4) is 0 Å². The maximum atomic E-state index is 10.6. The number of carboxylic acid groups (broad SMARTS) is 1. The summed E-state index contributed by atoms with van der Waals surface area (Å²) in [5.41, 5.74) is -0.0775. The molecule has 2 N–H and O–H groups in total. The Hall–Kier alpha value is -0.280. The van der Waals surface area contributed by atoms with Crippen molar-refractivity contribution >= 4 is 18.4 Å². The lowest BCUT2D eigenvalue weighted by molar-refractivity contribution is -0.141. The SMILES string of the molecule is CC1(C)CCNC1C(=O)O.Cl. The second kappa shape index (κ2) is 3.41. The van der Waals surface area contributed by atoms with E-state index in [1.807, 2.05) is 13.8 Å². The Morgan fingerprint density at radius 2 is 2.18 bits per heavy atom. The quantitative estimate of drug-likeness (QED) is 0.629. The molecule has 0 spiro atoms. The summed E-state index contributed by atoms with van der Waals surface area (Å²) in [4.78, 5) is 10.6. The van der Waals surface area contributed by atoms with Gasteiger partial charge in [0.2, 0.25) is 0 Å². The van der Waals surface area contributed by atoms with Gasteiger partial charge in [0.05, 0.1) is 0 Å². The van der Waals surface area contributed by atoms with Crippen molar-refractivity contribution in [1.82, 2.24) is 5.32 Å². The molecule has 0 amide bonds. The van der Waals surface area contributed by atoms with E-state index in [1.54, 1.807) is 0 Å². The predicted octanol–water partition coefficient (Wildman–Crippen LogP) is 0.881. The van der Waals surface area contributed by atoms with E-state index in [-0.39, 0.29) is 23.9 Å². The maximum absolute atomic E-state index is 10.6. The van der Waals surface area contributed by atoms with E-state index in [1.165, 1.54) is 0 Å². The van der Waals surface area contributed by atoms with Crippen LogP contribution >= 0.6 is 12.4 Å². The molecular weight excluding hydrogens is 166 g/mol. The van der Waals surface area contributed by atoms with Gasteiger partial charge in [0.1, 0.15) is 6.04 Å². The van der Waals surface area contributed by atoms with Gasteiger partial charge in [0.25, 0.3) is 0 Å². The summed E-state index contributed by atoms with van der Waals surface area (Å²) in [6, 6.07) is -0.354. The van der Waals surface area contributed by atoms with Crippen LogP contribution in [0.3, 0.4) is 0 Å². The highest BCUT2D eigenvalue weighted by atomic mass is 35.5. The lowest BCUT2D eigenvalue weighted by Crippen LogP contribution is -2.39. The summed E-state index contributed by atoms with van der Waals surface area (Å²) in [6.07, 6.45) is 0.948. The van der Waals surface area contributed by atoms with Gasteiger partial charge in [-0.05, 0) is 18.4 Å². The van der Waals surface area contributed by atoms with Crippen LogP contribution in [0.2, 0.25) is 0 Å². The summed E-state index contributed by atoms with van der Waals surface area (Å²) in [5, 5.41) is 11.6. The van der Waals surface area contributed by atoms with Crippen molar-refractivity contribution in [3.05, 3.63) is 0 Å². The van der Waals surface area contributed by atoms with Crippen molar-refractivity contribution in [1.29, 1.82) is 0 Å². The van der Waals surface area contributed by atoms with E-state index in [9.17, 15) is 4.79 Å². The van der Waals surface area contributed by atoms with Crippen molar-refractivity contribution in [3.63, 3.8) is 0 Å². The van der Waals surface area contributed by atoms with Gasteiger partial charge in [-0.2, -0.15) is 0 Å². The Balaban J connectivity index is 0.000001000. The molecule has 1 unspecified atom stereocenters. The second-order valence-electron chi connectivity index (χ2n) is 3.46. The van der Waals surface area contributed by atoms with Crippen molar-refractivity contribution < 1.29 is 9.90 Å². The molecule has 1 aliphatic rings. The number of carboxylic acids is 1. The highest BCUT2D eigenvalue weighted by Gasteiger charge is 2.38. The van der Waals surface area contributed by atoms with Crippen LogP contribution in [0.4, 0.5) is 0 Å². The monoisotopic (exact) mass is 179 g/mol. The van der Waals surface area contributed by atoms with Crippen LogP contribution in [0.25, 0.3) is 0 Å². The molecule has 1 heterocycles. The zero-order valence-corrected chi connectivity index (χ0v) is 7.57. The van der Waals surface area contributed by atoms with Crippen LogP contribution in [0.15, 0.2) is 0 Å². The molecule has 0 radical (unpaired) electrons. The number of hydrogen-bond acceptors (Lipinski definition) is 2. The minimum Gasteiger partial charge on any atom is -0.480 e. The number of halogens is 1. The molecule has 1 atom stereocenters. The molecule has 0 aliphatic carbocycles. The topological polar surface area (TPSA) is 49.3 Å². The molecule has 0 saturated carbocycles. The molecule has 1 aliphatic heterocycles. The molecule has 1 fully saturated rings. The van der Waals surface area contributed by atoms with E-state index < -0.39 is 5.97 Å². The third kappa shape index (κ3) is 2.07. The van der Waals surface area contributed by atoms with Gasteiger partial charge in [-0.25, -0.2) is 0 Å². The molecule has 0 aromatic rings. The van der Waals surface area contributed by atoms with E-state index >= 15 is 0 Å². The van der Waals surface area contributed by atoms with E-state index in [0.717, 1.165) is 13.0 Å². The molecule has 11 heavy (non-hydrogen) atoms. The predicted molar refractivity (Wildman–Crippen MR) is 45.1 cm³/mol. The third-order valence-electron chi connectivity index (χ3n) is 2.15. The Labute approximate surface area is 72.6 Å². The highest BCUT2D eigenvalue weighted by Crippen LogP contribution is 2.29. The van der Waals surface area contributed by atoms with E-state index in [4.69, 9.17) is 5.11 Å². The molecule has 1 rings (SSSR count). The smallest absolute Gasteiger partial charge is 0.321 e. The molecule has 0 aromatic heterocycles. The Kier molecular flexibility index (Phi) is 3.32. The number of hydrogen-bond donors (Lipinski definition) is 2. The minimum atomic E-state index is -0.734. The summed E-state index contributed by atoms with van der Waals surface area (Å²) < 4.78 is 0. The zero-order valence-electron chi connectivity index (χ0n) is 6.76. The van der Waals surface area contributed by atoms with Crippen LogP contribution in [0.5, 0.6) is 0 Å². The van der Waals surface area contributed by atoms with Crippen LogP contribution in [0, 0.1) is 5.41 Å². The average Bonchev–Trinajstić information content (AvgIpc) is 2.08. The Morgan fingerprint density at radius 1 is 1.64 bits per heavy atom. The fourth-order valence-electron chi connectivity index (χ4n) is 1.38. The molecular formula is C7H14ClNO2. The first-order valence-corrected chi connectivity index (χ1v) is 3.50. The van der Waals surface area contributed by atoms with E-state index in [0.29, 0.717) is 0 Å². The molecule has 3 nitrogen and oxygen atoms in total. The van der Waals surface area contributed by atoms with Crippen LogP contribution in [-0.4, -0.2) is 23.7 Å². The van der Waals surface area contributed by atoms with Crippen LogP contribution < -0.4 is 5.32 Å². The highest BCUT2D eigenvalue weighted by molar-refractivity contribution is 5.85. The summed E-state index contributed by atoms with van der Waals surface area (Å²) in [5.74, 6) is -0.734. The first-order chi connectivity index (χ1) is 4.54. The third-order valence-corrected chi connectivity index (χ3v) is 2.15. The van der Waals surface area contributed by atoms with Gasteiger partial charge in [-0.15, -0.1) is 12.4 Å². The molecule has 4 heteroatoms. The average molecular weight is 180 g/mol. The number of nitrogens with one attached hydrogen (secondary N) is 1. The van der Waals surface area contributed by atoms with Crippen molar-refractivity contribution in [2.75, 3.05) is 6.54 Å². The first kappa shape index (κ1) is 10.7. The Morgan fingerprint density at radius 3 is 2.36 bits per heavy atom. The molecule has 66 valence electrons. The molecule has 0 aromatic carbocycles. The van der Waals surface area contributed by atoms with Crippen molar-refractivity contribution in [2.24, 2.45) is 5.41 Å². The lowest BCUT2D eigenvalue weighted by Gasteiger charge is -2.21. The van der Waals surface area contributed by atoms with Gasteiger partial charge in [-0.1, -0.05) is 13.8 Å². The Bertz CT molecular complexity index is 159. The van der Waals surface area contributed by atoms with Gasteiger partial charge in [0, 0.05) is 0 Å². The minimum absolute atomic E-state index is 0. The number of aliphatic carboxylic acids is 1. The summed E-state index contributed by atoms with van der Waals surface area (Å²) in [7, 11) is 0. The van der Waals surface area contributed by atoms with E-state index in [2.05, 4.69) is 5.32 Å². The number of carbonyl (C=O) groups is 1. The van der Waals surface area contributed by atoms with Gasteiger partial charge < -0.3 is 10.4 Å². The molecule has 1 saturated heterocycles. The fourth-order valence-corrected chi connectivity index (χ4v) is 1.38. The maximum Gasteiger partial charge on any atom is 0.321 e. The van der Waals surface area contributed by atoms with Gasteiger partial charge >= 0.3 is 5.97 Å². The standard InChI is InChI=1S/C7H13NO2.ClH/c1-7(2)3-4-8-5(7)6(9)10;/h5,8H,3-4H2,1-2H3,(H,9,10);1H. The second-order valence-corrected chi connectivity index (χ2v) is 3.46. The van der Waals surface area contributed by atoms with Crippen molar-refractivity contribution in [2.45, 2.75) is 26.3 Å². The first-order valence-electron chi connectivity index (χ1n) is 3.50. The normalized spacial score (nSPS) is 27.6. The zero-order chi connectivity index (χ0) is 7.78. The summed E-state index contributed by atoms with van der Waals surface area (Å²) in [6.45, 7) is 4.78.